The van der Waals surface area contributed by atoms with Crippen molar-refractivity contribution in [3.63, 3.8) is 0 Å². The fraction of sp³-hybridized carbons (Fsp3) is 0.818. The minimum Gasteiger partial charge on any atom is -0.481 e. The van der Waals surface area contributed by atoms with Crippen LogP contribution in [0.1, 0.15) is 46.5 Å². The first-order chi connectivity index (χ1) is 7.22. The molecule has 5 heteroatoms. The third-order valence-corrected chi connectivity index (χ3v) is 2.67. The van der Waals surface area contributed by atoms with Gasteiger partial charge in [0.1, 0.15) is 0 Å². The van der Waals surface area contributed by atoms with Gasteiger partial charge in [-0.3, -0.25) is 4.79 Å². The van der Waals surface area contributed by atoms with Crippen LogP contribution in [0.15, 0.2) is 0 Å². The first-order valence-corrected chi connectivity index (χ1v) is 5.55. The smallest absolute Gasteiger partial charge is 0.315 e. The number of carbonyl (C=O) groups excluding carboxylic acids is 1. The van der Waals surface area contributed by atoms with Crippen LogP contribution in [0.25, 0.3) is 0 Å². The van der Waals surface area contributed by atoms with Crippen molar-refractivity contribution in [1.29, 1.82) is 0 Å². The molecule has 1 rings (SSSR count). The summed E-state index contributed by atoms with van der Waals surface area (Å²) in [5, 5.41) is 14.3. The Balaban J connectivity index is 2.50. The Morgan fingerprint density at radius 2 is 1.88 bits per heavy atom. The van der Waals surface area contributed by atoms with Gasteiger partial charge in [-0.15, -0.1) is 0 Å². The van der Waals surface area contributed by atoms with Crippen LogP contribution in [0.4, 0.5) is 4.79 Å². The van der Waals surface area contributed by atoms with Crippen molar-refractivity contribution in [3.8, 4) is 0 Å². The Morgan fingerprint density at radius 3 is 2.19 bits per heavy atom. The number of rotatable bonds is 3. The van der Waals surface area contributed by atoms with Gasteiger partial charge >= 0.3 is 12.0 Å². The number of carboxylic acid groups (broad SMARTS) is 1. The van der Waals surface area contributed by atoms with E-state index in [1.165, 1.54) is 0 Å². The van der Waals surface area contributed by atoms with E-state index in [0.717, 1.165) is 19.3 Å². The van der Waals surface area contributed by atoms with Crippen molar-refractivity contribution >= 4 is 12.0 Å². The predicted octanol–water partition coefficient (Wildman–Crippen LogP) is 1.48. The zero-order chi connectivity index (χ0) is 12.4. The van der Waals surface area contributed by atoms with Crippen molar-refractivity contribution in [2.45, 2.75) is 57.5 Å². The van der Waals surface area contributed by atoms with Crippen LogP contribution in [0.5, 0.6) is 0 Å². The molecule has 0 radical (unpaired) electrons. The highest BCUT2D eigenvalue weighted by Gasteiger charge is 2.40. The van der Waals surface area contributed by atoms with Gasteiger partial charge < -0.3 is 15.7 Å². The highest BCUT2D eigenvalue weighted by molar-refractivity contribution is 5.77. The number of nitrogens with one attached hydrogen (secondary N) is 2. The Labute approximate surface area is 95.6 Å². The first-order valence-electron chi connectivity index (χ1n) is 5.55. The lowest BCUT2D eigenvalue weighted by atomic mass is 9.74. The van der Waals surface area contributed by atoms with Gasteiger partial charge in [0.05, 0.1) is 12.0 Å². The second kappa shape index (κ2) is 4.31. The van der Waals surface area contributed by atoms with Crippen molar-refractivity contribution in [2.24, 2.45) is 0 Å². The average Bonchev–Trinajstić information content (AvgIpc) is 1.95. The van der Waals surface area contributed by atoms with E-state index < -0.39 is 11.5 Å². The summed E-state index contributed by atoms with van der Waals surface area (Å²) in [5.74, 6) is -0.865. The second-order valence-electron chi connectivity index (χ2n) is 5.53. The SMILES string of the molecule is CC(C)(C)NC(=O)NC1(CC(=O)O)CCC1. The number of carboxylic acids is 1. The van der Waals surface area contributed by atoms with Crippen molar-refractivity contribution in [2.75, 3.05) is 0 Å². The van der Waals surface area contributed by atoms with Crippen LogP contribution < -0.4 is 10.6 Å². The molecule has 0 aliphatic heterocycles. The van der Waals surface area contributed by atoms with Crippen molar-refractivity contribution in [1.82, 2.24) is 10.6 Å². The lowest BCUT2D eigenvalue weighted by Gasteiger charge is -2.42. The maximum absolute atomic E-state index is 11.6. The van der Waals surface area contributed by atoms with E-state index in [1.54, 1.807) is 0 Å². The van der Waals surface area contributed by atoms with E-state index in [2.05, 4.69) is 10.6 Å². The molecule has 1 saturated carbocycles. The standard InChI is InChI=1S/C11H20N2O3/c1-10(2,3)12-9(16)13-11(5-4-6-11)7-8(14)15/h4-7H2,1-3H3,(H,14,15)(H2,12,13,16). The topological polar surface area (TPSA) is 78.4 Å². The molecule has 1 fully saturated rings. The highest BCUT2D eigenvalue weighted by atomic mass is 16.4. The number of aliphatic carboxylic acids is 1. The normalized spacial score (nSPS) is 18.4. The van der Waals surface area contributed by atoms with Gasteiger partial charge in [-0.05, 0) is 40.0 Å². The molecule has 16 heavy (non-hydrogen) atoms. The molecule has 0 spiro atoms. The van der Waals surface area contributed by atoms with Gasteiger partial charge in [0.15, 0.2) is 0 Å². The van der Waals surface area contributed by atoms with Crippen molar-refractivity contribution < 1.29 is 14.7 Å². The monoisotopic (exact) mass is 228 g/mol. The molecule has 3 N–H and O–H groups in total. The summed E-state index contributed by atoms with van der Waals surface area (Å²) >= 11 is 0. The van der Waals surface area contributed by atoms with Crippen LogP contribution in [-0.2, 0) is 4.79 Å². The number of hydrogen-bond acceptors (Lipinski definition) is 2. The highest BCUT2D eigenvalue weighted by Crippen LogP contribution is 2.34. The minimum absolute atomic E-state index is 0.00453. The van der Waals surface area contributed by atoms with Gasteiger partial charge in [-0.2, -0.15) is 0 Å². The number of hydrogen-bond donors (Lipinski definition) is 3. The van der Waals surface area contributed by atoms with Crippen LogP contribution in [0.2, 0.25) is 0 Å². The minimum atomic E-state index is -0.865. The Hall–Kier alpha value is -1.26. The summed E-state index contributed by atoms with van der Waals surface area (Å²) < 4.78 is 0. The van der Waals surface area contributed by atoms with E-state index in [4.69, 9.17) is 5.11 Å². The molecule has 1 aliphatic rings. The maximum atomic E-state index is 11.6. The summed E-state index contributed by atoms with van der Waals surface area (Å²) in [4.78, 5) is 22.3. The van der Waals surface area contributed by atoms with Crippen LogP contribution in [0, 0.1) is 0 Å². The molecule has 5 nitrogen and oxygen atoms in total. The second-order valence-corrected chi connectivity index (χ2v) is 5.53. The summed E-state index contributed by atoms with van der Waals surface area (Å²) in [7, 11) is 0. The summed E-state index contributed by atoms with van der Waals surface area (Å²) in [5.41, 5.74) is -0.834. The van der Waals surface area contributed by atoms with E-state index in [-0.39, 0.29) is 18.0 Å². The summed E-state index contributed by atoms with van der Waals surface area (Å²) in [6, 6.07) is -0.284. The zero-order valence-electron chi connectivity index (χ0n) is 10.1. The quantitative estimate of drug-likeness (QED) is 0.684. The van der Waals surface area contributed by atoms with Gasteiger partial charge in [0, 0.05) is 5.54 Å². The zero-order valence-corrected chi connectivity index (χ0v) is 10.1. The first kappa shape index (κ1) is 12.8. The van der Waals surface area contributed by atoms with Gasteiger partial charge in [0.2, 0.25) is 0 Å². The fourth-order valence-electron chi connectivity index (χ4n) is 1.85. The molecule has 0 aromatic rings. The molecule has 1 aliphatic carbocycles. The number of carbonyl (C=O) groups is 2. The van der Waals surface area contributed by atoms with Crippen molar-refractivity contribution in [3.05, 3.63) is 0 Å². The molecule has 0 aromatic heterocycles. The molecule has 0 atom stereocenters. The average molecular weight is 228 g/mol. The third kappa shape index (κ3) is 3.72. The van der Waals surface area contributed by atoms with Gasteiger partial charge in [-0.1, -0.05) is 0 Å². The van der Waals surface area contributed by atoms with E-state index in [9.17, 15) is 9.59 Å². The van der Waals surface area contributed by atoms with Crippen LogP contribution in [-0.4, -0.2) is 28.2 Å². The molecule has 0 saturated heterocycles. The van der Waals surface area contributed by atoms with E-state index >= 15 is 0 Å². The summed E-state index contributed by atoms with van der Waals surface area (Å²) in [6.07, 6.45) is 2.47. The summed E-state index contributed by atoms with van der Waals surface area (Å²) in [6.45, 7) is 5.66. The Kier molecular flexibility index (Phi) is 3.45. The molecular formula is C11H20N2O3. The number of amides is 2. The Bertz CT molecular complexity index is 290. The fourth-order valence-corrected chi connectivity index (χ4v) is 1.85. The molecular weight excluding hydrogens is 208 g/mol. The molecule has 0 heterocycles. The molecule has 92 valence electrons. The van der Waals surface area contributed by atoms with Crippen LogP contribution >= 0.6 is 0 Å². The lowest BCUT2D eigenvalue weighted by molar-refractivity contribution is -0.139. The van der Waals surface area contributed by atoms with Crippen LogP contribution in [0.3, 0.4) is 0 Å². The van der Waals surface area contributed by atoms with Gasteiger partial charge in [-0.25, -0.2) is 4.79 Å². The Morgan fingerprint density at radius 1 is 1.31 bits per heavy atom. The molecule has 0 aromatic carbocycles. The largest absolute Gasteiger partial charge is 0.481 e. The molecule has 0 bridgehead atoms. The van der Waals surface area contributed by atoms with Gasteiger partial charge in [0.25, 0.3) is 0 Å². The molecule has 0 unspecified atom stereocenters. The number of urea groups is 1. The van der Waals surface area contributed by atoms with E-state index in [0.29, 0.717) is 0 Å². The molecule has 2 amide bonds. The lowest BCUT2D eigenvalue weighted by Crippen LogP contribution is -2.59. The van der Waals surface area contributed by atoms with E-state index in [1.807, 2.05) is 20.8 Å². The predicted molar refractivity (Wildman–Crippen MR) is 60.3 cm³/mol. The third-order valence-electron chi connectivity index (χ3n) is 2.67. The maximum Gasteiger partial charge on any atom is 0.315 e.